The first-order chi connectivity index (χ1) is 27.1. The Bertz CT molecular complexity index is 2250. The minimum absolute atomic E-state index is 0.203. The van der Waals surface area contributed by atoms with Crippen molar-refractivity contribution in [1.82, 2.24) is 0 Å². The first-order valence-electron chi connectivity index (χ1n) is 19.3. The van der Waals surface area contributed by atoms with Gasteiger partial charge in [-0.15, -0.1) is 26.3 Å². The second-order valence-corrected chi connectivity index (χ2v) is 14.8. The smallest absolute Gasteiger partial charge is 0.406 e. The van der Waals surface area contributed by atoms with E-state index in [1.54, 1.807) is 26.0 Å². The van der Waals surface area contributed by atoms with Crippen molar-refractivity contribution in [2.75, 3.05) is 0 Å². The molecule has 0 amide bonds. The van der Waals surface area contributed by atoms with Gasteiger partial charge in [0.1, 0.15) is 11.5 Å². The molecule has 6 rings (SSSR count). The molecule has 0 heterocycles. The number of hydrogen-bond acceptors (Lipinski definition) is 2. The van der Waals surface area contributed by atoms with E-state index in [9.17, 15) is 26.3 Å². The molecule has 0 N–H and O–H groups in total. The number of aryl methyl sites for hydroxylation is 6. The second kappa shape index (κ2) is 17.7. The molecule has 0 aliphatic rings. The van der Waals surface area contributed by atoms with E-state index >= 15 is 0 Å². The molecule has 0 bridgehead atoms. The number of ether oxygens (including phenoxy) is 2. The molecule has 0 atom stereocenters. The molecule has 0 unspecified atom stereocenters. The van der Waals surface area contributed by atoms with E-state index in [0.29, 0.717) is 0 Å². The highest BCUT2D eigenvalue weighted by Gasteiger charge is 2.32. The highest BCUT2D eigenvalue weighted by molar-refractivity contribution is 5.77. The topological polar surface area (TPSA) is 18.5 Å². The summed E-state index contributed by atoms with van der Waals surface area (Å²) in [5, 5.41) is 0. The lowest BCUT2D eigenvalue weighted by molar-refractivity contribution is -0.275. The molecule has 8 heteroatoms. The number of unbranched alkanes of at least 4 members (excludes halogenated alkanes) is 4. The molecule has 6 aromatic rings. The number of alkyl halides is 6. The van der Waals surface area contributed by atoms with Gasteiger partial charge in [-0.25, -0.2) is 0 Å². The molecular formula is C49H46F6O2. The zero-order valence-electron chi connectivity index (χ0n) is 32.6. The van der Waals surface area contributed by atoms with Gasteiger partial charge in [-0.1, -0.05) is 116 Å². The lowest BCUT2D eigenvalue weighted by Gasteiger charge is -2.16. The second-order valence-electron chi connectivity index (χ2n) is 14.8. The molecule has 0 aromatic heterocycles. The van der Waals surface area contributed by atoms with Crippen LogP contribution in [0.25, 0.3) is 44.5 Å². The van der Waals surface area contributed by atoms with Crippen LogP contribution in [0.5, 0.6) is 11.5 Å². The highest BCUT2D eigenvalue weighted by Crippen LogP contribution is 2.36. The first-order valence-corrected chi connectivity index (χ1v) is 19.3. The summed E-state index contributed by atoms with van der Waals surface area (Å²) in [5.41, 5.74) is 14.4. The quantitative estimate of drug-likeness (QED) is 0.0810. The molecule has 2 nitrogen and oxygen atoms in total. The van der Waals surface area contributed by atoms with Gasteiger partial charge in [0.15, 0.2) is 0 Å². The van der Waals surface area contributed by atoms with Crippen molar-refractivity contribution in [3.63, 3.8) is 0 Å². The van der Waals surface area contributed by atoms with Crippen molar-refractivity contribution in [3.8, 4) is 56.0 Å². The zero-order chi connectivity index (χ0) is 40.7. The zero-order valence-corrected chi connectivity index (χ0v) is 32.6. The minimum Gasteiger partial charge on any atom is -0.406 e. The van der Waals surface area contributed by atoms with Crippen molar-refractivity contribution in [3.05, 3.63) is 155 Å². The summed E-state index contributed by atoms with van der Waals surface area (Å²) in [7, 11) is 0. The molecular weight excluding hydrogens is 735 g/mol. The van der Waals surface area contributed by atoms with Crippen LogP contribution in [-0.4, -0.2) is 12.7 Å². The summed E-state index contributed by atoms with van der Waals surface area (Å²) in [6.45, 7) is 7.71. The van der Waals surface area contributed by atoms with Gasteiger partial charge in [0, 0.05) is 0 Å². The standard InChI is InChI=1S/C49H46F6O2/c1-32-28-41(38-20-24-43(25-21-38)56-48(50,51)52)22-26-45(32)39-16-12-36(13-17-39)10-8-6-5-7-9-11-37-14-18-40(19-15-37)46-27-23-42(29-33(46)2)47-34(3)30-44(31-35(47)4)57-49(53,54)55/h12-31H,5-11H2,1-4H3. The summed E-state index contributed by atoms with van der Waals surface area (Å²) in [6.07, 6.45) is -1.51. The fourth-order valence-electron chi connectivity index (χ4n) is 7.62. The largest absolute Gasteiger partial charge is 0.573 e. The minimum atomic E-state index is -4.72. The van der Waals surface area contributed by atoms with Crippen LogP contribution in [0.4, 0.5) is 26.3 Å². The van der Waals surface area contributed by atoms with E-state index in [2.05, 4.69) is 89.2 Å². The van der Waals surface area contributed by atoms with E-state index in [4.69, 9.17) is 0 Å². The number of halogens is 6. The molecule has 57 heavy (non-hydrogen) atoms. The summed E-state index contributed by atoms with van der Waals surface area (Å²) in [5.74, 6) is -0.439. The maximum Gasteiger partial charge on any atom is 0.573 e. The average molecular weight is 781 g/mol. The van der Waals surface area contributed by atoms with E-state index in [1.807, 2.05) is 19.1 Å². The van der Waals surface area contributed by atoms with Crippen molar-refractivity contribution >= 4 is 0 Å². The fraction of sp³-hybridized carbons (Fsp3) is 0.265. The van der Waals surface area contributed by atoms with Crippen LogP contribution < -0.4 is 9.47 Å². The summed E-state index contributed by atoms with van der Waals surface area (Å²) in [4.78, 5) is 0. The third-order valence-electron chi connectivity index (χ3n) is 10.4. The molecule has 0 saturated heterocycles. The van der Waals surface area contributed by atoms with Gasteiger partial charge in [0.25, 0.3) is 0 Å². The summed E-state index contributed by atoms with van der Waals surface area (Å²) in [6, 6.07) is 38.6. The van der Waals surface area contributed by atoms with Gasteiger partial charge in [-0.3, -0.25) is 0 Å². The predicted octanol–water partition coefficient (Wildman–Crippen LogP) is 15.1. The normalized spacial score (nSPS) is 11.8. The van der Waals surface area contributed by atoms with Gasteiger partial charge in [0.05, 0.1) is 0 Å². The fourth-order valence-corrected chi connectivity index (χ4v) is 7.62. The van der Waals surface area contributed by atoms with Gasteiger partial charge in [-0.2, -0.15) is 0 Å². The van der Waals surface area contributed by atoms with E-state index in [-0.39, 0.29) is 11.5 Å². The van der Waals surface area contributed by atoms with Crippen molar-refractivity contribution < 1.29 is 35.8 Å². The molecule has 0 saturated carbocycles. The van der Waals surface area contributed by atoms with Crippen LogP contribution >= 0.6 is 0 Å². The highest BCUT2D eigenvalue weighted by atomic mass is 19.4. The molecule has 0 aliphatic carbocycles. The third kappa shape index (κ3) is 11.3. The van der Waals surface area contributed by atoms with Gasteiger partial charge in [0.2, 0.25) is 0 Å². The Hall–Kier alpha value is -5.50. The molecule has 0 spiro atoms. The van der Waals surface area contributed by atoms with Crippen LogP contribution in [0.15, 0.2) is 121 Å². The Labute approximate surface area is 331 Å². The number of rotatable bonds is 14. The Morgan fingerprint density at radius 3 is 1.21 bits per heavy atom. The van der Waals surface area contributed by atoms with E-state index in [1.165, 1.54) is 54.7 Å². The Morgan fingerprint density at radius 1 is 0.368 bits per heavy atom. The van der Waals surface area contributed by atoms with E-state index < -0.39 is 12.7 Å². The van der Waals surface area contributed by atoms with Crippen molar-refractivity contribution in [2.24, 2.45) is 0 Å². The first kappa shape index (κ1) is 41.1. The Kier molecular flexibility index (Phi) is 12.8. The van der Waals surface area contributed by atoms with Crippen LogP contribution in [0.3, 0.4) is 0 Å². The van der Waals surface area contributed by atoms with Gasteiger partial charge >= 0.3 is 12.7 Å². The number of hydrogen-bond donors (Lipinski definition) is 0. The lowest BCUT2D eigenvalue weighted by atomic mass is 9.91. The van der Waals surface area contributed by atoms with Crippen LogP contribution in [0.1, 0.15) is 65.5 Å². The average Bonchev–Trinajstić information content (AvgIpc) is 3.14. The Morgan fingerprint density at radius 2 is 0.754 bits per heavy atom. The van der Waals surface area contributed by atoms with Crippen LogP contribution in [-0.2, 0) is 12.8 Å². The maximum atomic E-state index is 12.8. The SMILES string of the molecule is Cc1cc(-c2ccc(OC(F)(F)F)cc2)ccc1-c1ccc(CCCCCCCc2ccc(-c3ccc(-c4c(C)cc(OC(F)(F)F)cc4C)cc3C)cc2)cc1. The predicted molar refractivity (Wildman–Crippen MR) is 217 cm³/mol. The van der Waals surface area contributed by atoms with E-state index in [0.717, 1.165) is 92.4 Å². The van der Waals surface area contributed by atoms with Crippen LogP contribution in [0, 0.1) is 27.7 Å². The maximum absolute atomic E-state index is 12.8. The molecule has 6 aromatic carbocycles. The molecule has 0 fully saturated rings. The number of benzene rings is 6. The van der Waals surface area contributed by atoms with Gasteiger partial charge < -0.3 is 9.47 Å². The lowest BCUT2D eigenvalue weighted by Crippen LogP contribution is -2.17. The molecule has 0 radical (unpaired) electrons. The monoisotopic (exact) mass is 780 g/mol. The summed E-state index contributed by atoms with van der Waals surface area (Å²) >= 11 is 0. The molecule has 0 aliphatic heterocycles. The van der Waals surface area contributed by atoms with Crippen LogP contribution in [0.2, 0.25) is 0 Å². The molecule has 296 valence electrons. The van der Waals surface area contributed by atoms with Crippen molar-refractivity contribution in [2.45, 2.75) is 85.4 Å². The third-order valence-corrected chi connectivity index (χ3v) is 10.4. The summed E-state index contributed by atoms with van der Waals surface area (Å²) < 4.78 is 83.9. The van der Waals surface area contributed by atoms with Gasteiger partial charge in [-0.05, 0) is 156 Å². The van der Waals surface area contributed by atoms with Crippen molar-refractivity contribution in [1.29, 1.82) is 0 Å². The Balaban J connectivity index is 0.925.